The van der Waals surface area contributed by atoms with E-state index in [0.717, 1.165) is 5.56 Å². The second-order valence-corrected chi connectivity index (χ2v) is 5.72. The predicted molar refractivity (Wildman–Crippen MR) is 80.4 cm³/mol. The third kappa shape index (κ3) is 3.44. The first-order valence-electron chi connectivity index (χ1n) is 7.24. The van der Waals surface area contributed by atoms with Crippen LogP contribution in [0.1, 0.15) is 22.8 Å². The minimum Gasteiger partial charge on any atom is -0.481 e. The van der Waals surface area contributed by atoms with Crippen molar-refractivity contribution in [3.63, 3.8) is 0 Å². The summed E-state index contributed by atoms with van der Waals surface area (Å²) >= 11 is 0. The second kappa shape index (κ2) is 6.60. The summed E-state index contributed by atoms with van der Waals surface area (Å²) in [5, 5.41) is 11.7. The van der Waals surface area contributed by atoms with E-state index in [-0.39, 0.29) is 30.8 Å². The maximum Gasteiger partial charge on any atom is 0.308 e. The SMILES string of the molecule is Cc1ccccc1C(=O)NCC(=O)N1C[C@@H](C)[C@H](C(=O)O)C1. The molecule has 1 aromatic carbocycles. The lowest BCUT2D eigenvalue weighted by Crippen LogP contribution is -2.39. The molecule has 2 rings (SSSR count). The van der Waals surface area contributed by atoms with Crippen molar-refractivity contribution in [3.8, 4) is 0 Å². The molecule has 6 nitrogen and oxygen atoms in total. The number of nitrogens with one attached hydrogen (secondary N) is 1. The molecule has 6 heteroatoms. The normalized spacial score (nSPS) is 20.7. The van der Waals surface area contributed by atoms with Crippen molar-refractivity contribution in [1.29, 1.82) is 0 Å². The highest BCUT2D eigenvalue weighted by molar-refractivity contribution is 5.97. The van der Waals surface area contributed by atoms with Gasteiger partial charge in [0, 0.05) is 18.7 Å². The third-order valence-corrected chi connectivity index (χ3v) is 4.07. The zero-order valence-corrected chi connectivity index (χ0v) is 12.7. The van der Waals surface area contributed by atoms with E-state index in [1.165, 1.54) is 4.90 Å². The molecule has 1 aliphatic rings. The largest absolute Gasteiger partial charge is 0.481 e. The Hall–Kier alpha value is -2.37. The zero-order chi connectivity index (χ0) is 16.3. The summed E-state index contributed by atoms with van der Waals surface area (Å²) in [6.07, 6.45) is 0. The summed E-state index contributed by atoms with van der Waals surface area (Å²) < 4.78 is 0. The number of rotatable bonds is 4. The predicted octanol–water partition coefficient (Wildman–Crippen LogP) is 0.904. The van der Waals surface area contributed by atoms with Gasteiger partial charge in [0.25, 0.3) is 5.91 Å². The Bertz CT molecular complexity index is 600. The smallest absolute Gasteiger partial charge is 0.308 e. The van der Waals surface area contributed by atoms with E-state index in [1.807, 2.05) is 26.0 Å². The van der Waals surface area contributed by atoms with Crippen LogP contribution in [0.4, 0.5) is 0 Å². The van der Waals surface area contributed by atoms with Crippen molar-refractivity contribution in [2.24, 2.45) is 11.8 Å². The maximum atomic E-state index is 12.1. The van der Waals surface area contributed by atoms with E-state index in [9.17, 15) is 14.4 Å². The van der Waals surface area contributed by atoms with Gasteiger partial charge in [-0.25, -0.2) is 0 Å². The Labute approximate surface area is 129 Å². The molecule has 0 bridgehead atoms. The molecule has 118 valence electrons. The number of amides is 2. The van der Waals surface area contributed by atoms with E-state index >= 15 is 0 Å². The number of likely N-dealkylation sites (tertiary alicyclic amines) is 1. The summed E-state index contributed by atoms with van der Waals surface area (Å²) in [5.74, 6) is -2.04. The van der Waals surface area contributed by atoms with Gasteiger partial charge in [0.05, 0.1) is 12.5 Å². The Balaban J connectivity index is 1.90. The Kier molecular flexibility index (Phi) is 4.80. The van der Waals surface area contributed by atoms with Gasteiger partial charge in [-0.3, -0.25) is 14.4 Å². The molecule has 0 radical (unpaired) electrons. The van der Waals surface area contributed by atoms with Crippen molar-refractivity contribution >= 4 is 17.8 Å². The lowest BCUT2D eigenvalue weighted by Gasteiger charge is -2.16. The van der Waals surface area contributed by atoms with Crippen LogP contribution in [0.3, 0.4) is 0 Å². The second-order valence-electron chi connectivity index (χ2n) is 5.72. The van der Waals surface area contributed by atoms with Crippen molar-refractivity contribution in [2.45, 2.75) is 13.8 Å². The van der Waals surface area contributed by atoms with Crippen LogP contribution in [-0.2, 0) is 9.59 Å². The minimum atomic E-state index is -0.883. The highest BCUT2D eigenvalue weighted by Crippen LogP contribution is 2.22. The molecule has 0 aliphatic carbocycles. The van der Waals surface area contributed by atoms with Gasteiger partial charge >= 0.3 is 5.97 Å². The van der Waals surface area contributed by atoms with Crippen LogP contribution in [0.15, 0.2) is 24.3 Å². The molecule has 1 saturated heterocycles. The number of benzene rings is 1. The van der Waals surface area contributed by atoms with Crippen LogP contribution in [0.2, 0.25) is 0 Å². The molecule has 0 saturated carbocycles. The highest BCUT2D eigenvalue weighted by atomic mass is 16.4. The molecule has 0 unspecified atom stereocenters. The number of carbonyl (C=O) groups excluding carboxylic acids is 2. The van der Waals surface area contributed by atoms with Crippen molar-refractivity contribution in [3.05, 3.63) is 35.4 Å². The molecule has 1 heterocycles. The summed E-state index contributed by atoms with van der Waals surface area (Å²) in [6, 6.07) is 7.14. The van der Waals surface area contributed by atoms with Gasteiger partial charge in [-0.05, 0) is 24.5 Å². The van der Waals surface area contributed by atoms with Gasteiger partial charge in [0.15, 0.2) is 0 Å². The van der Waals surface area contributed by atoms with Gasteiger partial charge in [-0.2, -0.15) is 0 Å². The summed E-state index contributed by atoms with van der Waals surface area (Å²) in [5.41, 5.74) is 1.38. The number of carboxylic acid groups (broad SMARTS) is 1. The van der Waals surface area contributed by atoms with Gasteiger partial charge in [0.2, 0.25) is 5.91 Å². The molecule has 1 aliphatic heterocycles. The van der Waals surface area contributed by atoms with Gasteiger partial charge in [-0.15, -0.1) is 0 Å². The topological polar surface area (TPSA) is 86.7 Å². The average molecular weight is 304 g/mol. The molecular formula is C16H20N2O4. The minimum absolute atomic E-state index is 0.0754. The number of carbonyl (C=O) groups is 3. The lowest BCUT2D eigenvalue weighted by molar-refractivity contribution is -0.142. The number of hydrogen-bond donors (Lipinski definition) is 2. The number of carboxylic acids is 1. The Morgan fingerprint density at radius 1 is 1.27 bits per heavy atom. The van der Waals surface area contributed by atoms with E-state index < -0.39 is 11.9 Å². The van der Waals surface area contributed by atoms with Crippen molar-refractivity contribution in [2.75, 3.05) is 19.6 Å². The van der Waals surface area contributed by atoms with Gasteiger partial charge in [-0.1, -0.05) is 25.1 Å². The van der Waals surface area contributed by atoms with Crippen LogP contribution in [0.25, 0.3) is 0 Å². The molecule has 1 fully saturated rings. The molecule has 22 heavy (non-hydrogen) atoms. The van der Waals surface area contributed by atoms with Crippen LogP contribution in [0.5, 0.6) is 0 Å². The van der Waals surface area contributed by atoms with Crippen LogP contribution >= 0.6 is 0 Å². The van der Waals surface area contributed by atoms with E-state index in [1.54, 1.807) is 12.1 Å². The highest BCUT2D eigenvalue weighted by Gasteiger charge is 2.36. The molecule has 0 spiro atoms. The maximum absolute atomic E-state index is 12.1. The molecule has 1 aromatic rings. The standard InChI is InChI=1S/C16H20N2O4/c1-10-5-3-4-6-12(10)15(20)17-7-14(19)18-8-11(2)13(9-18)16(21)22/h3-6,11,13H,7-9H2,1-2H3,(H,17,20)(H,21,22)/t11-,13-/m1/s1. The quantitative estimate of drug-likeness (QED) is 0.865. The number of hydrogen-bond acceptors (Lipinski definition) is 3. The van der Waals surface area contributed by atoms with Crippen LogP contribution < -0.4 is 5.32 Å². The average Bonchev–Trinajstić information content (AvgIpc) is 2.87. The Morgan fingerprint density at radius 2 is 1.95 bits per heavy atom. The summed E-state index contributed by atoms with van der Waals surface area (Å²) in [4.78, 5) is 36.7. The van der Waals surface area contributed by atoms with Crippen molar-refractivity contribution < 1.29 is 19.5 Å². The lowest BCUT2D eigenvalue weighted by atomic mass is 9.99. The number of aryl methyl sites for hydroxylation is 1. The zero-order valence-electron chi connectivity index (χ0n) is 12.7. The molecule has 0 aromatic heterocycles. The van der Waals surface area contributed by atoms with E-state index in [0.29, 0.717) is 12.1 Å². The summed E-state index contributed by atoms with van der Waals surface area (Å²) in [7, 11) is 0. The van der Waals surface area contributed by atoms with Crippen molar-refractivity contribution in [1.82, 2.24) is 10.2 Å². The first-order valence-corrected chi connectivity index (χ1v) is 7.24. The molecule has 2 N–H and O–H groups in total. The summed E-state index contributed by atoms with van der Waals surface area (Å²) in [6.45, 7) is 4.14. The number of nitrogens with zero attached hydrogens (tertiary/aromatic N) is 1. The third-order valence-electron chi connectivity index (χ3n) is 4.07. The monoisotopic (exact) mass is 304 g/mol. The van der Waals surface area contributed by atoms with Crippen LogP contribution in [-0.4, -0.2) is 47.4 Å². The van der Waals surface area contributed by atoms with Gasteiger partial charge in [0.1, 0.15) is 0 Å². The Morgan fingerprint density at radius 3 is 2.55 bits per heavy atom. The molecular weight excluding hydrogens is 284 g/mol. The number of aliphatic carboxylic acids is 1. The van der Waals surface area contributed by atoms with E-state index in [2.05, 4.69) is 5.32 Å². The fraction of sp³-hybridized carbons (Fsp3) is 0.438. The van der Waals surface area contributed by atoms with E-state index in [4.69, 9.17) is 5.11 Å². The molecule has 2 atom stereocenters. The van der Waals surface area contributed by atoms with Gasteiger partial charge < -0.3 is 15.3 Å². The fourth-order valence-corrected chi connectivity index (χ4v) is 2.68. The first-order chi connectivity index (χ1) is 10.4. The van der Waals surface area contributed by atoms with Crippen LogP contribution in [0, 0.1) is 18.8 Å². The first kappa shape index (κ1) is 16.0. The fourth-order valence-electron chi connectivity index (χ4n) is 2.68. The molecule has 2 amide bonds.